The summed E-state index contributed by atoms with van der Waals surface area (Å²) in [6, 6.07) is 10.5. The second kappa shape index (κ2) is 10.3. The van der Waals surface area contributed by atoms with Crippen LogP contribution in [0.25, 0.3) is 0 Å². The second-order valence-corrected chi connectivity index (χ2v) is 8.25. The smallest absolute Gasteiger partial charge is 0.243 e. The van der Waals surface area contributed by atoms with Crippen molar-refractivity contribution in [3.05, 3.63) is 35.9 Å². The molecule has 0 aromatic heterocycles. The molecule has 1 saturated heterocycles. The third-order valence-corrected chi connectivity index (χ3v) is 6.34. The SMILES string of the molecule is CCOC1CC(N)(C(=O)N2CCCN(Cc3ccccc3)CC2)C1(C)C.Cl.Cl. The number of carbonyl (C=O) groups is 1. The van der Waals surface area contributed by atoms with Crippen molar-refractivity contribution in [1.82, 2.24) is 9.80 Å². The van der Waals surface area contributed by atoms with E-state index in [-0.39, 0.29) is 42.2 Å². The Kier molecular flexibility index (Phi) is 9.23. The van der Waals surface area contributed by atoms with Crippen LogP contribution in [0.4, 0.5) is 0 Å². The molecule has 1 aliphatic carbocycles. The van der Waals surface area contributed by atoms with E-state index in [0.717, 1.165) is 39.1 Å². The minimum atomic E-state index is -0.804. The predicted molar refractivity (Wildman–Crippen MR) is 118 cm³/mol. The molecule has 160 valence electrons. The molecule has 7 heteroatoms. The average Bonchev–Trinajstić information content (AvgIpc) is 2.87. The van der Waals surface area contributed by atoms with Gasteiger partial charge < -0.3 is 15.4 Å². The van der Waals surface area contributed by atoms with Crippen LogP contribution in [0.2, 0.25) is 0 Å². The highest BCUT2D eigenvalue weighted by molar-refractivity contribution is 5.89. The van der Waals surface area contributed by atoms with Gasteiger partial charge in [-0.05, 0) is 18.9 Å². The average molecular weight is 432 g/mol. The quantitative estimate of drug-likeness (QED) is 0.777. The monoisotopic (exact) mass is 431 g/mol. The van der Waals surface area contributed by atoms with Crippen molar-refractivity contribution in [3.63, 3.8) is 0 Å². The standard InChI is InChI=1S/C21H33N3O2.2ClH/c1-4-26-18-15-21(22,20(18,2)3)19(25)24-12-8-11-23(13-14-24)16-17-9-6-5-7-10-17;;/h5-7,9-10,18H,4,8,11-16,22H2,1-3H3;2*1H. The number of carbonyl (C=O) groups excluding carboxylic acids is 1. The van der Waals surface area contributed by atoms with Gasteiger partial charge in [-0.15, -0.1) is 24.8 Å². The number of ether oxygens (including phenoxy) is 1. The van der Waals surface area contributed by atoms with Crippen molar-refractivity contribution in [2.75, 3.05) is 32.8 Å². The first-order chi connectivity index (χ1) is 12.4. The maximum Gasteiger partial charge on any atom is 0.243 e. The number of nitrogens with zero attached hydrogens (tertiary/aromatic N) is 2. The fourth-order valence-electron chi connectivity index (χ4n) is 4.25. The Morgan fingerprint density at radius 2 is 1.82 bits per heavy atom. The van der Waals surface area contributed by atoms with E-state index in [1.165, 1.54) is 5.56 Å². The molecule has 0 spiro atoms. The van der Waals surface area contributed by atoms with Gasteiger partial charge in [0.1, 0.15) is 5.54 Å². The van der Waals surface area contributed by atoms with Gasteiger partial charge in [-0.25, -0.2) is 0 Å². The van der Waals surface area contributed by atoms with Gasteiger partial charge in [0.2, 0.25) is 5.91 Å². The van der Waals surface area contributed by atoms with Crippen LogP contribution >= 0.6 is 24.8 Å². The van der Waals surface area contributed by atoms with Gasteiger partial charge in [-0.2, -0.15) is 0 Å². The summed E-state index contributed by atoms with van der Waals surface area (Å²) >= 11 is 0. The van der Waals surface area contributed by atoms with E-state index in [1.54, 1.807) is 0 Å². The minimum Gasteiger partial charge on any atom is -0.378 e. The van der Waals surface area contributed by atoms with Crippen molar-refractivity contribution in [1.29, 1.82) is 0 Å². The molecule has 28 heavy (non-hydrogen) atoms. The summed E-state index contributed by atoms with van der Waals surface area (Å²) < 4.78 is 5.78. The highest BCUT2D eigenvalue weighted by atomic mass is 35.5. The number of nitrogens with two attached hydrogens (primary N) is 1. The Morgan fingerprint density at radius 3 is 2.43 bits per heavy atom. The van der Waals surface area contributed by atoms with E-state index in [9.17, 15) is 4.79 Å². The summed E-state index contributed by atoms with van der Waals surface area (Å²) in [5, 5.41) is 0. The second-order valence-electron chi connectivity index (χ2n) is 8.25. The highest BCUT2D eigenvalue weighted by Crippen LogP contribution is 2.50. The largest absolute Gasteiger partial charge is 0.378 e. The van der Waals surface area contributed by atoms with Gasteiger partial charge in [0.25, 0.3) is 0 Å². The van der Waals surface area contributed by atoms with Gasteiger partial charge in [0, 0.05) is 51.2 Å². The molecular formula is C21H35Cl2N3O2. The zero-order valence-corrected chi connectivity index (χ0v) is 18.9. The zero-order chi connectivity index (χ0) is 18.8. The van der Waals surface area contributed by atoms with Crippen molar-refractivity contribution in [3.8, 4) is 0 Å². The Labute approximate surface area is 181 Å². The fourth-order valence-corrected chi connectivity index (χ4v) is 4.25. The molecule has 2 N–H and O–H groups in total. The summed E-state index contributed by atoms with van der Waals surface area (Å²) in [5.74, 6) is 0.0972. The minimum absolute atomic E-state index is 0. The van der Waals surface area contributed by atoms with Crippen LogP contribution in [-0.4, -0.2) is 60.1 Å². The summed E-state index contributed by atoms with van der Waals surface area (Å²) in [4.78, 5) is 17.6. The summed E-state index contributed by atoms with van der Waals surface area (Å²) in [6.07, 6.45) is 1.68. The van der Waals surface area contributed by atoms with Crippen LogP contribution in [0.5, 0.6) is 0 Å². The molecule has 2 unspecified atom stereocenters. The van der Waals surface area contributed by atoms with Gasteiger partial charge in [-0.3, -0.25) is 9.69 Å². The maximum absolute atomic E-state index is 13.2. The van der Waals surface area contributed by atoms with Crippen LogP contribution in [0.3, 0.4) is 0 Å². The first-order valence-electron chi connectivity index (χ1n) is 9.84. The third kappa shape index (κ3) is 4.82. The van der Waals surface area contributed by atoms with Crippen LogP contribution in [0.1, 0.15) is 39.2 Å². The first kappa shape index (κ1) is 25.2. The van der Waals surface area contributed by atoms with E-state index in [0.29, 0.717) is 13.0 Å². The van der Waals surface area contributed by atoms with E-state index in [1.807, 2.05) is 17.9 Å². The summed E-state index contributed by atoms with van der Waals surface area (Å²) in [7, 11) is 0. The number of benzene rings is 1. The van der Waals surface area contributed by atoms with E-state index in [2.05, 4.69) is 43.0 Å². The van der Waals surface area contributed by atoms with Crippen molar-refractivity contribution >= 4 is 30.7 Å². The molecule has 0 bridgehead atoms. The zero-order valence-electron chi connectivity index (χ0n) is 17.2. The predicted octanol–water partition coefficient (Wildman–Crippen LogP) is 3.10. The molecule has 1 aliphatic heterocycles. The van der Waals surface area contributed by atoms with E-state index >= 15 is 0 Å². The van der Waals surface area contributed by atoms with Crippen molar-refractivity contribution in [2.45, 2.75) is 51.8 Å². The first-order valence-corrected chi connectivity index (χ1v) is 9.84. The van der Waals surface area contributed by atoms with Gasteiger partial charge in [0.05, 0.1) is 6.10 Å². The highest BCUT2D eigenvalue weighted by Gasteiger charge is 2.63. The Bertz CT molecular complexity index is 629. The maximum atomic E-state index is 13.2. The molecule has 2 aliphatic rings. The molecule has 1 aromatic rings. The number of hydrogen-bond donors (Lipinski definition) is 1. The lowest BCUT2D eigenvalue weighted by Gasteiger charge is -2.58. The topological polar surface area (TPSA) is 58.8 Å². The van der Waals surface area contributed by atoms with Crippen molar-refractivity contribution in [2.24, 2.45) is 11.1 Å². The normalized spacial score (nSPS) is 27.0. The fraction of sp³-hybridized carbons (Fsp3) is 0.667. The molecule has 0 radical (unpaired) electrons. The van der Waals surface area contributed by atoms with Gasteiger partial charge in [0.15, 0.2) is 0 Å². The lowest BCUT2D eigenvalue weighted by molar-refractivity contribution is -0.179. The van der Waals surface area contributed by atoms with E-state index in [4.69, 9.17) is 10.5 Å². The van der Waals surface area contributed by atoms with Crippen molar-refractivity contribution < 1.29 is 9.53 Å². The third-order valence-electron chi connectivity index (χ3n) is 6.34. The Morgan fingerprint density at radius 1 is 1.14 bits per heavy atom. The molecule has 1 saturated carbocycles. The van der Waals surface area contributed by atoms with Crippen LogP contribution in [-0.2, 0) is 16.1 Å². The lowest BCUT2D eigenvalue weighted by atomic mass is 9.54. The summed E-state index contributed by atoms with van der Waals surface area (Å²) in [6.45, 7) is 11.2. The Hall–Kier alpha value is -0.850. The summed E-state index contributed by atoms with van der Waals surface area (Å²) in [5.41, 5.74) is 6.79. The molecule has 1 heterocycles. The molecule has 3 rings (SSSR count). The number of hydrogen-bond acceptors (Lipinski definition) is 4. The number of halogens is 2. The van der Waals surface area contributed by atoms with Gasteiger partial charge >= 0.3 is 0 Å². The van der Waals surface area contributed by atoms with Crippen LogP contribution < -0.4 is 5.73 Å². The number of amides is 1. The van der Waals surface area contributed by atoms with Crippen LogP contribution in [0.15, 0.2) is 30.3 Å². The molecular weight excluding hydrogens is 397 g/mol. The molecule has 5 nitrogen and oxygen atoms in total. The molecule has 2 atom stereocenters. The van der Waals surface area contributed by atoms with E-state index < -0.39 is 5.54 Å². The number of rotatable bonds is 5. The Balaban J connectivity index is 0.00000196. The molecule has 1 amide bonds. The lowest BCUT2D eigenvalue weighted by Crippen LogP contribution is -2.76. The molecule has 1 aromatic carbocycles. The molecule has 2 fully saturated rings. The van der Waals surface area contributed by atoms with Gasteiger partial charge in [-0.1, -0.05) is 44.2 Å². The van der Waals surface area contributed by atoms with Crippen LogP contribution in [0, 0.1) is 5.41 Å².